The Bertz CT molecular complexity index is 939. The van der Waals surface area contributed by atoms with Crippen molar-refractivity contribution < 1.29 is 13.9 Å². The lowest BCUT2D eigenvalue weighted by Crippen LogP contribution is -2.12. The highest BCUT2D eigenvalue weighted by molar-refractivity contribution is 7.07. The third-order valence-corrected chi connectivity index (χ3v) is 4.42. The Morgan fingerprint density at radius 2 is 2.12 bits per heavy atom. The molecule has 6 nitrogen and oxygen atoms in total. The van der Waals surface area contributed by atoms with Crippen LogP contribution in [0.15, 0.2) is 56.5 Å². The van der Waals surface area contributed by atoms with Crippen molar-refractivity contribution in [3.05, 3.63) is 52.3 Å². The van der Waals surface area contributed by atoms with Gasteiger partial charge in [0.15, 0.2) is 17.3 Å². The molecule has 0 spiro atoms. The van der Waals surface area contributed by atoms with Gasteiger partial charge in [-0.2, -0.15) is 5.10 Å². The maximum Gasteiger partial charge on any atom is 0.206 e. The first kappa shape index (κ1) is 18.0. The van der Waals surface area contributed by atoms with Gasteiger partial charge in [0.25, 0.3) is 0 Å². The highest BCUT2D eigenvalue weighted by Crippen LogP contribution is 2.27. The highest BCUT2D eigenvalue weighted by atomic mass is 32.1. The first-order valence-electron chi connectivity index (χ1n) is 8.37. The van der Waals surface area contributed by atoms with Gasteiger partial charge in [-0.05, 0) is 49.7 Å². The summed E-state index contributed by atoms with van der Waals surface area (Å²) in [4.78, 5) is 5.32. The molecule has 0 unspecified atom stereocenters. The van der Waals surface area contributed by atoms with Crippen molar-refractivity contribution in [1.82, 2.24) is 4.68 Å². The van der Waals surface area contributed by atoms with Gasteiger partial charge < -0.3 is 13.9 Å². The molecule has 0 radical (unpaired) electrons. The Balaban J connectivity index is 1.98. The number of hydrogen-bond acceptors (Lipinski definition) is 6. The fourth-order valence-electron chi connectivity index (χ4n) is 2.41. The van der Waals surface area contributed by atoms with E-state index in [4.69, 9.17) is 13.9 Å². The molecule has 2 heterocycles. The van der Waals surface area contributed by atoms with Gasteiger partial charge in [0.1, 0.15) is 5.69 Å². The smallest absolute Gasteiger partial charge is 0.206 e. The van der Waals surface area contributed by atoms with Crippen molar-refractivity contribution in [3.63, 3.8) is 0 Å². The normalized spacial score (nSPS) is 12.0. The summed E-state index contributed by atoms with van der Waals surface area (Å²) in [7, 11) is 1.62. The molecule has 0 aliphatic carbocycles. The molecule has 7 heteroatoms. The molecular weight excluding hydrogens is 350 g/mol. The summed E-state index contributed by atoms with van der Waals surface area (Å²) < 4.78 is 18.3. The number of hydrogen-bond donors (Lipinski definition) is 0. The van der Waals surface area contributed by atoms with E-state index in [2.05, 4.69) is 10.1 Å². The number of aromatic nitrogens is 1. The van der Waals surface area contributed by atoms with Gasteiger partial charge in [-0.1, -0.05) is 0 Å². The summed E-state index contributed by atoms with van der Waals surface area (Å²) in [5.41, 5.74) is 1.76. The summed E-state index contributed by atoms with van der Waals surface area (Å²) in [6, 6.07) is 9.48. The topological polar surface area (TPSA) is 61.2 Å². The van der Waals surface area contributed by atoms with Gasteiger partial charge >= 0.3 is 0 Å². The van der Waals surface area contributed by atoms with Crippen molar-refractivity contribution in [2.24, 2.45) is 10.1 Å². The molecule has 2 aromatic heterocycles. The molecule has 26 heavy (non-hydrogen) atoms. The van der Waals surface area contributed by atoms with Crippen molar-refractivity contribution >= 4 is 17.6 Å². The van der Waals surface area contributed by atoms with Gasteiger partial charge in [-0.15, -0.1) is 11.3 Å². The van der Waals surface area contributed by atoms with E-state index in [0.29, 0.717) is 24.7 Å². The Labute approximate surface area is 156 Å². The average molecular weight is 371 g/mol. The van der Waals surface area contributed by atoms with Crippen molar-refractivity contribution in [2.75, 3.05) is 20.3 Å². The second kappa shape index (κ2) is 8.53. The number of benzene rings is 1. The summed E-state index contributed by atoms with van der Waals surface area (Å²) in [5, 5.41) is 6.60. The van der Waals surface area contributed by atoms with Crippen LogP contribution < -0.4 is 14.3 Å². The summed E-state index contributed by atoms with van der Waals surface area (Å²) >= 11 is 1.53. The van der Waals surface area contributed by atoms with Crippen LogP contribution in [0.1, 0.15) is 19.4 Å². The van der Waals surface area contributed by atoms with E-state index in [1.165, 1.54) is 11.3 Å². The standard InChI is InChI=1S/C19H21N3O3S/c1-4-20-19-22(15(13-26-19)16-7-6-10-25-16)21-12-14-8-9-17(24-5-2)18(11-14)23-3/h6-13H,4-5H2,1-3H3. The zero-order valence-corrected chi connectivity index (χ0v) is 15.8. The van der Waals surface area contributed by atoms with Crippen molar-refractivity contribution in [1.29, 1.82) is 0 Å². The maximum absolute atomic E-state index is 5.55. The number of ether oxygens (including phenoxy) is 2. The van der Waals surface area contributed by atoms with E-state index < -0.39 is 0 Å². The molecule has 0 amide bonds. The van der Waals surface area contributed by atoms with E-state index in [9.17, 15) is 0 Å². The second-order valence-electron chi connectivity index (χ2n) is 5.25. The lowest BCUT2D eigenvalue weighted by molar-refractivity contribution is 0.311. The van der Waals surface area contributed by atoms with Crippen molar-refractivity contribution in [2.45, 2.75) is 13.8 Å². The van der Waals surface area contributed by atoms with Crippen LogP contribution in [-0.4, -0.2) is 31.2 Å². The number of rotatable bonds is 7. The fourth-order valence-corrected chi connectivity index (χ4v) is 3.29. The number of furan rings is 1. The van der Waals surface area contributed by atoms with Crippen LogP contribution in [0.4, 0.5) is 0 Å². The van der Waals surface area contributed by atoms with Crippen LogP contribution in [0.3, 0.4) is 0 Å². The van der Waals surface area contributed by atoms with E-state index >= 15 is 0 Å². The van der Waals surface area contributed by atoms with Crippen LogP contribution in [0, 0.1) is 0 Å². The molecule has 0 N–H and O–H groups in total. The molecule has 1 aromatic carbocycles. The minimum atomic E-state index is 0.586. The number of methoxy groups -OCH3 is 1. The van der Waals surface area contributed by atoms with Crippen LogP contribution in [0.5, 0.6) is 11.5 Å². The molecule has 0 fully saturated rings. The summed E-state index contributed by atoms with van der Waals surface area (Å²) in [5.74, 6) is 2.14. The van der Waals surface area contributed by atoms with Crippen molar-refractivity contribution in [3.8, 4) is 23.0 Å². The first-order chi connectivity index (χ1) is 12.8. The van der Waals surface area contributed by atoms with E-state index in [-0.39, 0.29) is 0 Å². The monoisotopic (exact) mass is 371 g/mol. The van der Waals surface area contributed by atoms with Gasteiger partial charge in [0.2, 0.25) is 4.80 Å². The van der Waals surface area contributed by atoms with Gasteiger partial charge in [-0.3, -0.25) is 4.99 Å². The molecule has 136 valence electrons. The van der Waals surface area contributed by atoms with E-state index in [0.717, 1.165) is 21.8 Å². The predicted molar refractivity (Wildman–Crippen MR) is 103 cm³/mol. The second-order valence-corrected chi connectivity index (χ2v) is 6.09. The van der Waals surface area contributed by atoms with Crippen LogP contribution >= 0.6 is 11.3 Å². The zero-order valence-electron chi connectivity index (χ0n) is 15.0. The quantitative estimate of drug-likeness (QED) is 0.589. The SMILES string of the molecule is CCN=c1scc(-c2ccco2)n1N=Cc1ccc(OCC)c(OC)c1. The average Bonchev–Trinajstić information content (AvgIpc) is 3.31. The minimum absolute atomic E-state index is 0.586. The molecule has 0 atom stereocenters. The number of thiazole rings is 1. The third kappa shape index (κ3) is 3.88. The van der Waals surface area contributed by atoms with Gasteiger partial charge in [0, 0.05) is 11.9 Å². The zero-order chi connectivity index (χ0) is 18.4. The Morgan fingerprint density at radius 3 is 2.81 bits per heavy atom. The minimum Gasteiger partial charge on any atom is -0.493 e. The molecule has 0 aliphatic rings. The molecular formula is C19H21N3O3S. The van der Waals surface area contributed by atoms with Gasteiger partial charge in [0.05, 0.1) is 26.2 Å². The Kier molecular flexibility index (Phi) is 5.91. The lowest BCUT2D eigenvalue weighted by Gasteiger charge is -2.09. The Morgan fingerprint density at radius 1 is 1.23 bits per heavy atom. The molecule has 3 aromatic rings. The number of nitrogens with zero attached hydrogens (tertiary/aromatic N) is 3. The van der Waals surface area contributed by atoms with Crippen LogP contribution in [0.2, 0.25) is 0 Å². The van der Waals surface area contributed by atoms with Gasteiger partial charge in [-0.25, -0.2) is 4.68 Å². The summed E-state index contributed by atoms with van der Waals surface area (Å²) in [6.45, 7) is 5.21. The molecule has 0 saturated carbocycles. The third-order valence-electron chi connectivity index (χ3n) is 3.56. The molecule has 3 rings (SSSR count). The Hall–Kier alpha value is -2.80. The van der Waals surface area contributed by atoms with Crippen LogP contribution in [0.25, 0.3) is 11.5 Å². The lowest BCUT2D eigenvalue weighted by atomic mass is 10.2. The molecule has 0 saturated heterocycles. The maximum atomic E-state index is 5.55. The van der Waals surface area contributed by atoms with E-state index in [1.807, 2.05) is 49.6 Å². The summed E-state index contributed by atoms with van der Waals surface area (Å²) in [6.07, 6.45) is 3.42. The molecule has 0 bridgehead atoms. The van der Waals surface area contributed by atoms with E-state index in [1.54, 1.807) is 24.3 Å². The largest absolute Gasteiger partial charge is 0.493 e. The fraction of sp³-hybridized carbons (Fsp3) is 0.263. The molecule has 0 aliphatic heterocycles. The van der Waals surface area contributed by atoms with Crippen LogP contribution in [-0.2, 0) is 0 Å². The highest BCUT2D eigenvalue weighted by Gasteiger charge is 2.10. The predicted octanol–water partition coefficient (Wildman–Crippen LogP) is 4.02. The first-order valence-corrected chi connectivity index (χ1v) is 9.24.